The fourth-order valence-corrected chi connectivity index (χ4v) is 4.59. The molecule has 0 radical (unpaired) electrons. The molecule has 4 aromatic carbocycles. The average Bonchev–Trinajstić information content (AvgIpc) is 2.81. The summed E-state index contributed by atoms with van der Waals surface area (Å²) in [5.41, 5.74) is 3.38. The molecule has 0 aliphatic heterocycles. The summed E-state index contributed by atoms with van der Waals surface area (Å²) in [5.74, 6) is 2.11. The maximum atomic E-state index is 12.8. The molecular weight excluding hydrogens is 420 g/mol. The van der Waals surface area contributed by atoms with Gasteiger partial charge in [-0.2, -0.15) is 0 Å². The lowest BCUT2D eigenvalue weighted by Gasteiger charge is -2.09. The summed E-state index contributed by atoms with van der Waals surface area (Å²) in [6.07, 6.45) is 0.815. The van der Waals surface area contributed by atoms with Gasteiger partial charge in [0.1, 0.15) is 17.2 Å². The van der Waals surface area contributed by atoms with Crippen LogP contribution >= 0.6 is 0 Å². The first-order valence-electron chi connectivity index (χ1n) is 10.3. The number of aryl methyl sites for hydroxylation is 1. The minimum atomic E-state index is -3.55. The van der Waals surface area contributed by atoms with Crippen LogP contribution in [0, 0.1) is 6.92 Å². The molecule has 5 heteroatoms. The monoisotopic (exact) mass is 444 g/mol. The summed E-state index contributed by atoms with van der Waals surface area (Å²) in [6, 6.07) is 29.2. The molecule has 0 heterocycles. The first-order valence-corrected chi connectivity index (χ1v) is 11.7. The van der Waals surface area contributed by atoms with Crippen molar-refractivity contribution in [2.24, 2.45) is 0 Å². The van der Waals surface area contributed by atoms with Gasteiger partial charge in [-0.25, -0.2) is 8.42 Å². The third kappa shape index (κ3) is 5.01. The Morgan fingerprint density at radius 2 is 1.00 bits per heavy atom. The van der Waals surface area contributed by atoms with E-state index in [1.54, 1.807) is 55.6 Å². The van der Waals surface area contributed by atoms with Crippen LogP contribution in [0.1, 0.15) is 16.7 Å². The molecule has 0 saturated heterocycles. The van der Waals surface area contributed by atoms with Gasteiger partial charge in [-0.05, 0) is 85.1 Å². The zero-order chi connectivity index (χ0) is 22.6. The van der Waals surface area contributed by atoms with E-state index in [1.165, 1.54) is 11.1 Å². The number of sulfone groups is 1. The zero-order valence-electron chi connectivity index (χ0n) is 18.0. The Morgan fingerprint density at radius 3 is 1.47 bits per heavy atom. The van der Waals surface area contributed by atoms with Gasteiger partial charge in [-0.3, -0.25) is 0 Å². The van der Waals surface area contributed by atoms with E-state index in [9.17, 15) is 8.42 Å². The number of rotatable bonds is 7. The number of hydrogen-bond donors (Lipinski definition) is 0. The van der Waals surface area contributed by atoms with Crippen LogP contribution in [0.5, 0.6) is 17.2 Å². The Balaban J connectivity index is 1.42. The minimum absolute atomic E-state index is 0.239. The molecule has 0 fully saturated rings. The predicted octanol–water partition coefficient (Wildman–Crippen LogP) is 6.22. The van der Waals surface area contributed by atoms with Crippen molar-refractivity contribution in [3.8, 4) is 17.2 Å². The van der Waals surface area contributed by atoms with Crippen molar-refractivity contribution in [2.75, 3.05) is 7.11 Å². The van der Waals surface area contributed by atoms with Gasteiger partial charge >= 0.3 is 0 Å². The maximum Gasteiger partial charge on any atom is 0.206 e. The highest BCUT2D eigenvalue weighted by Crippen LogP contribution is 2.27. The van der Waals surface area contributed by atoms with Crippen molar-refractivity contribution < 1.29 is 17.9 Å². The Morgan fingerprint density at radius 1 is 0.594 bits per heavy atom. The van der Waals surface area contributed by atoms with E-state index >= 15 is 0 Å². The van der Waals surface area contributed by atoms with Crippen molar-refractivity contribution in [3.63, 3.8) is 0 Å². The summed E-state index contributed by atoms with van der Waals surface area (Å²) in [5, 5.41) is 0. The Bertz CT molecular complexity index is 1270. The van der Waals surface area contributed by atoms with E-state index in [1.807, 2.05) is 43.3 Å². The van der Waals surface area contributed by atoms with Gasteiger partial charge in [0.25, 0.3) is 0 Å². The summed E-state index contributed by atoms with van der Waals surface area (Å²) in [7, 11) is -1.89. The second-order valence-electron chi connectivity index (χ2n) is 7.56. The van der Waals surface area contributed by atoms with E-state index in [2.05, 4.69) is 12.1 Å². The SMILES string of the molecule is COc1ccc(Cc2ccc(Oc3ccc(S(=O)(=O)c4ccc(C)cc4)cc3)cc2)cc1. The van der Waals surface area contributed by atoms with Crippen LogP contribution in [-0.2, 0) is 16.3 Å². The fraction of sp³-hybridized carbons (Fsp3) is 0.111. The normalized spacial score (nSPS) is 11.2. The van der Waals surface area contributed by atoms with Gasteiger partial charge in [0, 0.05) is 0 Å². The van der Waals surface area contributed by atoms with Crippen LogP contribution in [0.3, 0.4) is 0 Å². The minimum Gasteiger partial charge on any atom is -0.497 e. The predicted molar refractivity (Wildman–Crippen MR) is 125 cm³/mol. The van der Waals surface area contributed by atoms with E-state index in [0.717, 1.165) is 17.7 Å². The highest BCUT2D eigenvalue weighted by molar-refractivity contribution is 7.91. The van der Waals surface area contributed by atoms with Crippen molar-refractivity contribution in [1.29, 1.82) is 0 Å². The second kappa shape index (κ2) is 9.28. The van der Waals surface area contributed by atoms with E-state index in [4.69, 9.17) is 9.47 Å². The van der Waals surface area contributed by atoms with E-state index in [-0.39, 0.29) is 9.79 Å². The molecule has 0 aliphatic rings. The highest BCUT2D eigenvalue weighted by atomic mass is 32.2. The highest BCUT2D eigenvalue weighted by Gasteiger charge is 2.17. The molecule has 0 spiro atoms. The third-order valence-corrected chi connectivity index (χ3v) is 6.98. The molecule has 0 bridgehead atoms. The van der Waals surface area contributed by atoms with Gasteiger partial charge < -0.3 is 9.47 Å². The summed E-state index contributed by atoms with van der Waals surface area (Å²) >= 11 is 0. The molecule has 0 saturated carbocycles. The molecule has 4 nitrogen and oxygen atoms in total. The van der Waals surface area contributed by atoms with Crippen molar-refractivity contribution in [1.82, 2.24) is 0 Å². The quantitative estimate of drug-likeness (QED) is 0.340. The summed E-state index contributed by atoms with van der Waals surface area (Å²) < 4.78 is 36.7. The molecular formula is C27H24O4S. The lowest BCUT2D eigenvalue weighted by Crippen LogP contribution is -2.01. The number of benzene rings is 4. The fourth-order valence-electron chi connectivity index (χ4n) is 3.33. The standard InChI is InChI=1S/C27H24O4S/c1-20-3-15-26(16-4-20)32(28,29)27-17-13-25(14-18-27)31-24-11-7-22(8-12-24)19-21-5-9-23(30-2)10-6-21/h3-18H,19H2,1-2H3. The molecule has 162 valence electrons. The summed E-state index contributed by atoms with van der Waals surface area (Å²) in [6.45, 7) is 1.92. The molecule has 4 rings (SSSR count). The molecule has 0 amide bonds. The van der Waals surface area contributed by atoms with E-state index in [0.29, 0.717) is 11.5 Å². The Hall–Kier alpha value is -3.57. The first kappa shape index (κ1) is 21.7. The third-order valence-electron chi connectivity index (χ3n) is 5.19. The topological polar surface area (TPSA) is 52.6 Å². The van der Waals surface area contributed by atoms with E-state index < -0.39 is 9.84 Å². The van der Waals surface area contributed by atoms with Crippen LogP contribution in [0.25, 0.3) is 0 Å². The lowest BCUT2D eigenvalue weighted by atomic mass is 10.0. The van der Waals surface area contributed by atoms with Crippen LogP contribution in [0.15, 0.2) is 107 Å². The largest absolute Gasteiger partial charge is 0.497 e. The number of ether oxygens (including phenoxy) is 2. The Kier molecular flexibility index (Phi) is 6.28. The molecule has 0 unspecified atom stereocenters. The first-order chi connectivity index (χ1) is 15.4. The molecule has 0 aliphatic carbocycles. The molecule has 0 N–H and O–H groups in total. The zero-order valence-corrected chi connectivity index (χ0v) is 18.8. The lowest BCUT2D eigenvalue weighted by molar-refractivity contribution is 0.414. The van der Waals surface area contributed by atoms with Crippen molar-refractivity contribution >= 4 is 9.84 Å². The number of methoxy groups -OCH3 is 1. The Labute approximate surface area is 189 Å². The van der Waals surface area contributed by atoms with Gasteiger partial charge in [0.05, 0.1) is 16.9 Å². The smallest absolute Gasteiger partial charge is 0.206 e. The van der Waals surface area contributed by atoms with Crippen LogP contribution < -0.4 is 9.47 Å². The van der Waals surface area contributed by atoms with Gasteiger partial charge in [-0.15, -0.1) is 0 Å². The van der Waals surface area contributed by atoms with Gasteiger partial charge in [0.15, 0.2) is 0 Å². The van der Waals surface area contributed by atoms with Crippen LogP contribution in [-0.4, -0.2) is 15.5 Å². The number of hydrogen-bond acceptors (Lipinski definition) is 4. The molecule has 4 aromatic rings. The maximum absolute atomic E-state index is 12.8. The van der Waals surface area contributed by atoms with Crippen molar-refractivity contribution in [3.05, 3.63) is 114 Å². The molecule has 32 heavy (non-hydrogen) atoms. The van der Waals surface area contributed by atoms with Crippen LogP contribution in [0.4, 0.5) is 0 Å². The second-order valence-corrected chi connectivity index (χ2v) is 9.51. The molecule has 0 atom stereocenters. The summed E-state index contributed by atoms with van der Waals surface area (Å²) in [4.78, 5) is 0.521. The van der Waals surface area contributed by atoms with Gasteiger partial charge in [-0.1, -0.05) is 42.0 Å². The van der Waals surface area contributed by atoms with Crippen LogP contribution in [0.2, 0.25) is 0 Å². The van der Waals surface area contributed by atoms with Crippen molar-refractivity contribution in [2.45, 2.75) is 23.1 Å². The average molecular weight is 445 g/mol. The van der Waals surface area contributed by atoms with Gasteiger partial charge in [0.2, 0.25) is 9.84 Å². The molecule has 0 aromatic heterocycles.